The van der Waals surface area contributed by atoms with Gasteiger partial charge in [0, 0.05) is 17.6 Å². The van der Waals surface area contributed by atoms with Crippen LogP contribution in [0.25, 0.3) is 11.0 Å². The number of hydrogen-bond donors (Lipinski definition) is 5. The van der Waals surface area contributed by atoms with E-state index in [4.69, 9.17) is 0 Å². The molecule has 2 aromatic rings. The van der Waals surface area contributed by atoms with Crippen molar-refractivity contribution in [3.05, 3.63) is 27.9 Å². The fraction of sp³-hybridized carbons (Fsp3) is 0.417. The summed E-state index contributed by atoms with van der Waals surface area (Å²) in [5.41, 5.74) is 0.390. The molecule has 0 aliphatic carbocycles. The molecule has 1 fully saturated rings. The lowest BCUT2D eigenvalue weighted by molar-refractivity contribution is 0.0689. The van der Waals surface area contributed by atoms with Crippen LogP contribution in [0.15, 0.2) is 11.1 Å². The number of carboxylic acids is 1. The topological polar surface area (TPSA) is 131 Å². The molecule has 0 amide bonds. The number of aromatic carboxylic acids is 1. The van der Waals surface area contributed by atoms with Crippen LogP contribution in [0.1, 0.15) is 35.4 Å². The van der Waals surface area contributed by atoms with Crippen molar-refractivity contribution in [2.24, 2.45) is 0 Å². The van der Waals surface area contributed by atoms with Crippen LogP contribution in [0.3, 0.4) is 0 Å². The molecule has 0 spiro atoms. The van der Waals surface area contributed by atoms with Gasteiger partial charge < -0.3 is 25.5 Å². The van der Waals surface area contributed by atoms with Crippen molar-refractivity contribution in [1.29, 1.82) is 0 Å². The highest BCUT2D eigenvalue weighted by Gasteiger charge is 2.35. The minimum absolute atomic E-state index is 0.0667. The summed E-state index contributed by atoms with van der Waals surface area (Å²) in [6.07, 6.45) is 1.05. The van der Waals surface area contributed by atoms with E-state index in [-0.39, 0.29) is 23.3 Å². The number of carbonyl (C=O) groups is 1. The van der Waals surface area contributed by atoms with E-state index in [1.165, 1.54) is 6.33 Å². The number of fused-ring (bicyclic) bond motifs is 1. The van der Waals surface area contributed by atoms with Crippen molar-refractivity contribution < 1.29 is 15.0 Å². The molecule has 8 nitrogen and oxygen atoms in total. The summed E-state index contributed by atoms with van der Waals surface area (Å²) >= 11 is 0. The van der Waals surface area contributed by atoms with Crippen LogP contribution in [0.2, 0.25) is 0 Å². The summed E-state index contributed by atoms with van der Waals surface area (Å²) < 4.78 is 0. The minimum atomic E-state index is -1.16. The van der Waals surface area contributed by atoms with Crippen molar-refractivity contribution in [3.8, 4) is 0 Å². The van der Waals surface area contributed by atoms with Gasteiger partial charge in [0.25, 0.3) is 5.56 Å². The molecule has 3 heterocycles. The molecule has 0 unspecified atom stereocenters. The monoisotopic (exact) mass is 278 g/mol. The van der Waals surface area contributed by atoms with Crippen LogP contribution >= 0.6 is 0 Å². The molecule has 1 aliphatic rings. The van der Waals surface area contributed by atoms with Crippen LogP contribution in [-0.2, 0) is 0 Å². The Morgan fingerprint density at radius 2 is 2.25 bits per heavy atom. The number of hydrogen-bond acceptors (Lipinski definition) is 5. The predicted molar refractivity (Wildman–Crippen MR) is 69.6 cm³/mol. The molecule has 5 N–H and O–H groups in total. The summed E-state index contributed by atoms with van der Waals surface area (Å²) in [4.78, 5) is 32.2. The highest BCUT2D eigenvalue weighted by atomic mass is 16.4. The van der Waals surface area contributed by atoms with Crippen molar-refractivity contribution in [3.63, 3.8) is 0 Å². The second kappa shape index (κ2) is 4.43. The number of carboxylic acid groups (broad SMARTS) is 1. The van der Waals surface area contributed by atoms with Crippen LogP contribution in [0.4, 0.5) is 0 Å². The molecule has 2 aromatic heterocycles. The number of aliphatic hydroxyl groups excluding tert-OH is 1. The molecule has 20 heavy (non-hydrogen) atoms. The summed E-state index contributed by atoms with van der Waals surface area (Å²) in [6, 6.07) is -0.497. The maximum atomic E-state index is 11.7. The molecule has 3 rings (SSSR count). The van der Waals surface area contributed by atoms with Crippen LogP contribution < -0.4 is 10.9 Å². The molecule has 0 saturated carbocycles. The molecular weight excluding hydrogens is 264 g/mol. The number of H-pyrrole nitrogens is 2. The number of aliphatic hydroxyl groups is 1. The quantitative estimate of drug-likeness (QED) is 0.514. The van der Waals surface area contributed by atoms with Gasteiger partial charge in [0.15, 0.2) is 0 Å². The highest BCUT2D eigenvalue weighted by Crippen LogP contribution is 2.32. The summed E-state index contributed by atoms with van der Waals surface area (Å²) in [6.45, 7) is 1.82. The Kier molecular flexibility index (Phi) is 2.84. The predicted octanol–water partition coefficient (Wildman–Crippen LogP) is -0.267. The zero-order valence-corrected chi connectivity index (χ0v) is 10.7. The number of aromatic amines is 2. The van der Waals surface area contributed by atoms with E-state index in [1.807, 2.05) is 6.92 Å². The van der Waals surface area contributed by atoms with E-state index >= 15 is 0 Å². The Morgan fingerprint density at radius 3 is 2.85 bits per heavy atom. The van der Waals surface area contributed by atoms with Crippen LogP contribution in [-0.4, -0.2) is 43.3 Å². The van der Waals surface area contributed by atoms with Crippen LogP contribution in [0, 0.1) is 0 Å². The Balaban J connectivity index is 2.23. The first-order chi connectivity index (χ1) is 9.49. The van der Waals surface area contributed by atoms with E-state index in [9.17, 15) is 19.8 Å². The standard InChI is InChI=1S/C12H14N4O4/c1-4-6(17)2-5(15-4)7-8-10(11(18)14-3-13-8)16-9(7)12(19)20/h3-6,15-17H,2H2,1H3,(H,19,20)(H,13,14,18)/t4-,5-,6+/m1/s1. The Bertz CT molecular complexity index is 725. The van der Waals surface area contributed by atoms with Gasteiger partial charge in [-0.3, -0.25) is 4.79 Å². The lowest BCUT2D eigenvalue weighted by atomic mass is 10.0. The van der Waals surface area contributed by atoms with Gasteiger partial charge in [0.05, 0.1) is 12.4 Å². The van der Waals surface area contributed by atoms with Gasteiger partial charge in [-0.2, -0.15) is 0 Å². The fourth-order valence-corrected chi connectivity index (χ4v) is 2.68. The van der Waals surface area contributed by atoms with Crippen LogP contribution in [0.5, 0.6) is 0 Å². The number of aromatic nitrogens is 3. The normalized spacial score (nSPS) is 26.2. The van der Waals surface area contributed by atoms with Gasteiger partial charge in [-0.15, -0.1) is 0 Å². The second-order valence-electron chi connectivity index (χ2n) is 4.99. The van der Waals surface area contributed by atoms with Gasteiger partial charge in [-0.05, 0) is 13.3 Å². The average molecular weight is 278 g/mol. The first-order valence-corrected chi connectivity index (χ1v) is 6.25. The molecule has 1 aliphatic heterocycles. The first-order valence-electron chi connectivity index (χ1n) is 6.25. The van der Waals surface area contributed by atoms with Gasteiger partial charge in [0.1, 0.15) is 16.7 Å². The molecule has 3 atom stereocenters. The number of rotatable bonds is 2. The number of nitrogens with zero attached hydrogens (tertiary/aromatic N) is 1. The van der Waals surface area contributed by atoms with Gasteiger partial charge in [0.2, 0.25) is 0 Å². The largest absolute Gasteiger partial charge is 0.477 e. The third kappa shape index (κ3) is 1.81. The van der Waals surface area contributed by atoms with Gasteiger partial charge >= 0.3 is 5.97 Å². The van der Waals surface area contributed by atoms with E-state index in [0.717, 1.165) is 0 Å². The Hall–Kier alpha value is -2.19. The lowest BCUT2D eigenvalue weighted by Gasteiger charge is -2.11. The van der Waals surface area contributed by atoms with E-state index in [2.05, 4.69) is 20.3 Å². The SMILES string of the molecule is C[C@H]1N[C@@H](c2c(C(=O)O)[nH]c3c(=O)[nH]cnc23)C[C@@H]1O. The van der Waals surface area contributed by atoms with Crippen molar-refractivity contribution in [2.75, 3.05) is 0 Å². The molecule has 0 aromatic carbocycles. The second-order valence-corrected chi connectivity index (χ2v) is 4.99. The average Bonchev–Trinajstić information content (AvgIpc) is 2.92. The Morgan fingerprint density at radius 1 is 1.50 bits per heavy atom. The molecule has 0 radical (unpaired) electrons. The molecule has 0 bridgehead atoms. The lowest BCUT2D eigenvalue weighted by Crippen LogP contribution is -2.27. The van der Waals surface area contributed by atoms with Crippen molar-refractivity contribution in [2.45, 2.75) is 31.5 Å². The summed E-state index contributed by atoms with van der Waals surface area (Å²) in [5, 5.41) is 22.2. The zero-order valence-electron chi connectivity index (χ0n) is 10.7. The first kappa shape index (κ1) is 12.8. The highest BCUT2D eigenvalue weighted by molar-refractivity contribution is 5.96. The maximum absolute atomic E-state index is 11.7. The van der Waals surface area contributed by atoms with Crippen molar-refractivity contribution in [1.82, 2.24) is 20.3 Å². The smallest absolute Gasteiger partial charge is 0.352 e. The van der Waals surface area contributed by atoms with Gasteiger partial charge in [-0.1, -0.05) is 0 Å². The third-order valence-electron chi connectivity index (χ3n) is 3.71. The van der Waals surface area contributed by atoms with Crippen molar-refractivity contribution >= 4 is 17.0 Å². The zero-order chi connectivity index (χ0) is 14.4. The molecule has 8 heteroatoms. The fourth-order valence-electron chi connectivity index (χ4n) is 2.68. The minimum Gasteiger partial charge on any atom is -0.477 e. The Labute approximate surface area is 112 Å². The molecular formula is C12H14N4O4. The number of nitrogens with one attached hydrogen (secondary N) is 3. The van der Waals surface area contributed by atoms with Gasteiger partial charge in [-0.25, -0.2) is 9.78 Å². The third-order valence-corrected chi connectivity index (χ3v) is 3.71. The van der Waals surface area contributed by atoms with E-state index < -0.39 is 17.6 Å². The molecule has 106 valence electrons. The van der Waals surface area contributed by atoms with E-state index in [1.54, 1.807) is 0 Å². The summed E-state index contributed by atoms with van der Waals surface area (Å²) in [5.74, 6) is -1.16. The summed E-state index contributed by atoms with van der Waals surface area (Å²) in [7, 11) is 0. The maximum Gasteiger partial charge on any atom is 0.352 e. The molecule has 1 saturated heterocycles. The van der Waals surface area contributed by atoms with E-state index in [0.29, 0.717) is 17.5 Å².